The van der Waals surface area contributed by atoms with Crippen molar-refractivity contribution < 1.29 is 75.4 Å². The largest absolute Gasteiger partial charge is 1.00 e. The summed E-state index contributed by atoms with van der Waals surface area (Å²) in [4.78, 5) is 17.6. The predicted molar refractivity (Wildman–Crippen MR) is 169 cm³/mol. The molecule has 6 rings (SSSR count). The van der Waals surface area contributed by atoms with Gasteiger partial charge in [-0.3, -0.25) is 0 Å². The zero-order chi connectivity index (χ0) is 29.0. The van der Waals surface area contributed by atoms with E-state index < -0.39 is 0 Å². The first-order chi connectivity index (χ1) is 19.9. The third-order valence-corrected chi connectivity index (χ3v) is 7.38. The first kappa shape index (κ1) is 37.4. The molecule has 13 heteroatoms. The third kappa shape index (κ3) is 12.6. The quantitative estimate of drug-likeness (QED) is 0.0945. The molecule has 224 valence electrons. The molecule has 0 bridgehead atoms. The van der Waals surface area contributed by atoms with Gasteiger partial charge in [0.25, 0.3) is 0 Å². The molecule has 10 nitrogen and oxygen atoms in total. The maximum atomic E-state index is 5.73. The third-order valence-electron chi connectivity index (χ3n) is 7.18. The molecule has 9 N–H and O–H groups in total. The second-order valence-electron chi connectivity index (χ2n) is 10.1. The van der Waals surface area contributed by atoms with Crippen molar-refractivity contribution in [3.63, 3.8) is 0 Å². The minimum absolute atomic E-state index is 0. The normalized spacial score (nSPS) is 15.0. The van der Waals surface area contributed by atoms with E-state index in [-0.39, 0.29) is 98.2 Å². The number of aromatic nitrogens is 4. The Morgan fingerprint density at radius 2 is 1.12 bits per heavy atom. The van der Waals surface area contributed by atoms with E-state index in [1.165, 1.54) is 43.1 Å². The second kappa shape index (κ2) is 19.6. The standard InChI is InChI=1S/C15H19N5.C11H15N.C4H5ClN4.HI.K/c16-13-10-14(19-15(17)18-13)20-8-6-12(7-9-20)11-4-2-1-3-5-11;1-2-4-10(5-3-1)11-6-8-12-9-7-11;5-2-1-3(6)9-4(7)8-2;;/h1-5,10,12H,6-9H2,(H4,16,17,18,19);1-5,11-12H,6-9H2;1H,(H4,6,7,8,9);1H;/q;;;;+1/p-1. The van der Waals surface area contributed by atoms with E-state index in [1.807, 2.05) is 0 Å². The van der Waals surface area contributed by atoms with Crippen LogP contribution < -0.4 is 109 Å². The fourth-order valence-electron chi connectivity index (χ4n) is 5.13. The number of nitrogen functional groups attached to an aromatic ring is 4. The molecule has 2 aliphatic heterocycles. The fourth-order valence-corrected chi connectivity index (χ4v) is 5.33. The minimum Gasteiger partial charge on any atom is -1.00 e. The Balaban J connectivity index is 0.000000241. The molecule has 4 aromatic rings. The van der Waals surface area contributed by atoms with Gasteiger partial charge in [0, 0.05) is 25.2 Å². The van der Waals surface area contributed by atoms with Crippen LogP contribution in [0.1, 0.15) is 48.6 Å². The number of rotatable bonds is 3. The molecule has 2 aromatic carbocycles. The van der Waals surface area contributed by atoms with E-state index >= 15 is 0 Å². The first-order valence-electron chi connectivity index (χ1n) is 13.9. The van der Waals surface area contributed by atoms with Crippen LogP contribution in [0.5, 0.6) is 0 Å². The summed E-state index contributed by atoms with van der Waals surface area (Å²) in [5.74, 6) is 3.31. The van der Waals surface area contributed by atoms with Crippen LogP contribution >= 0.6 is 11.6 Å². The first-order valence-corrected chi connectivity index (χ1v) is 14.3. The minimum atomic E-state index is 0. The number of piperidine rings is 2. The second-order valence-corrected chi connectivity index (χ2v) is 10.5. The van der Waals surface area contributed by atoms with Gasteiger partial charge in [0.2, 0.25) is 11.9 Å². The van der Waals surface area contributed by atoms with Gasteiger partial charge in [0.1, 0.15) is 22.6 Å². The molecule has 0 saturated carbocycles. The van der Waals surface area contributed by atoms with Crippen molar-refractivity contribution in [2.45, 2.75) is 37.5 Å². The van der Waals surface area contributed by atoms with E-state index in [2.05, 4.69) is 90.8 Å². The fraction of sp³-hybridized carbons (Fsp3) is 0.333. The average molecular weight is 741 g/mol. The van der Waals surface area contributed by atoms with Crippen molar-refractivity contribution in [3.05, 3.63) is 89.1 Å². The topological polar surface area (TPSA) is 171 Å². The molecule has 2 aliphatic rings. The van der Waals surface area contributed by atoms with Crippen molar-refractivity contribution >= 4 is 41.0 Å². The zero-order valence-corrected chi connectivity index (χ0v) is 30.6. The Hall–Kier alpha value is -1.78. The summed E-state index contributed by atoms with van der Waals surface area (Å²) in [5.41, 5.74) is 24.7. The van der Waals surface area contributed by atoms with Crippen LogP contribution in [0.3, 0.4) is 0 Å². The summed E-state index contributed by atoms with van der Waals surface area (Å²) in [6.07, 6.45) is 4.83. The zero-order valence-electron chi connectivity index (χ0n) is 24.5. The van der Waals surface area contributed by atoms with Crippen molar-refractivity contribution in [2.75, 3.05) is 54.0 Å². The van der Waals surface area contributed by atoms with Crippen LogP contribution in [0.25, 0.3) is 0 Å². The van der Waals surface area contributed by atoms with Crippen LogP contribution in [0, 0.1) is 0 Å². The average Bonchev–Trinajstić information content (AvgIpc) is 2.98. The molecule has 2 saturated heterocycles. The van der Waals surface area contributed by atoms with Crippen LogP contribution in [0.2, 0.25) is 5.15 Å². The maximum absolute atomic E-state index is 5.73. The van der Waals surface area contributed by atoms with Gasteiger partial charge in [-0.05, 0) is 61.7 Å². The van der Waals surface area contributed by atoms with Gasteiger partial charge in [-0.1, -0.05) is 72.3 Å². The van der Waals surface area contributed by atoms with E-state index in [4.69, 9.17) is 34.5 Å². The van der Waals surface area contributed by atoms with Gasteiger partial charge >= 0.3 is 51.4 Å². The van der Waals surface area contributed by atoms with Crippen LogP contribution in [0.4, 0.5) is 29.4 Å². The van der Waals surface area contributed by atoms with Gasteiger partial charge < -0.3 is 57.1 Å². The molecular formula is C30H39ClIKN10. The van der Waals surface area contributed by atoms with Crippen molar-refractivity contribution in [1.82, 2.24) is 25.3 Å². The van der Waals surface area contributed by atoms with E-state index in [0.717, 1.165) is 37.7 Å². The number of nitrogens with one attached hydrogen (secondary N) is 1. The molecule has 0 aliphatic carbocycles. The van der Waals surface area contributed by atoms with E-state index in [0.29, 0.717) is 11.7 Å². The molecule has 0 spiro atoms. The molecular weight excluding hydrogens is 702 g/mol. The molecule has 2 aromatic heterocycles. The van der Waals surface area contributed by atoms with Crippen molar-refractivity contribution in [1.29, 1.82) is 0 Å². The number of hydrogen-bond donors (Lipinski definition) is 5. The van der Waals surface area contributed by atoms with E-state index in [1.54, 1.807) is 6.07 Å². The molecule has 43 heavy (non-hydrogen) atoms. The molecule has 0 amide bonds. The van der Waals surface area contributed by atoms with Gasteiger partial charge in [0.15, 0.2) is 0 Å². The number of halogens is 2. The Bertz CT molecular complexity index is 1290. The van der Waals surface area contributed by atoms with Gasteiger partial charge in [-0.25, -0.2) is 4.98 Å². The van der Waals surface area contributed by atoms with Crippen LogP contribution in [-0.2, 0) is 0 Å². The predicted octanol–water partition coefficient (Wildman–Crippen LogP) is -1.52. The number of benzene rings is 2. The molecule has 2 fully saturated rings. The molecule has 0 radical (unpaired) electrons. The number of hydrogen-bond acceptors (Lipinski definition) is 10. The van der Waals surface area contributed by atoms with Gasteiger partial charge in [-0.2, -0.15) is 15.0 Å². The van der Waals surface area contributed by atoms with Crippen LogP contribution in [0.15, 0.2) is 72.8 Å². The van der Waals surface area contributed by atoms with Crippen molar-refractivity contribution in [2.24, 2.45) is 0 Å². The maximum Gasteiger partial charge on any atom is 1.00 e. The summed E-state index contributed by atoms with van der Waals surface area (Å²) in [6.45, 7) is 4.30. The smallest absolute Gasteiger partial charge is 1.00 e. The molecule has 4 heterocycles. The monoisotopic (exact) mass is 740 g/mol. The van der Waals surface area contributed by atoms with Crippen molar-refractivity contribution in [3.8, 4) is 0 Å². The number of anilines is 5. The molecule has 0 unspecified atom stereocenters. The summed E-state index contributed by atoms with van der Waals surface area (Å²) in [5, 5.41) is 3.65. The van der Waals surface area contributed by atoms with E-state index in [9.17, 15) is 0 Å². The number of nitrogens with zero attached hydrogens (tertiary/aromatic N) is 5. The molecule has 0 atom stereocenters. The van der Waals surface area contributed by atoms with Gasteiger partial charge in [-0.15, -0.1) is 0 Å². The summed E-state index contributed by atoms with van der Waals surface area (Å²) in [6, 6.07) is 24.8. The SMILES string of the molecule is Nc1cc(Cl)nc(N)n1.Nc1cc(N2CCC(c3ccccc3)CC2)nc(N)n1.[I-].[K+].c1ccc(C2CCNCC2)cc1. The Morgan fingerprint density at radius 1 is 0.651 bits per heavy atom. The van der Waals surface area contributed by atoms with Crippen LogP contribution in [-0.4, -0.2) is 46.1 Å². The summed E-state index contributed by atoms with van der Waals surface area (Å²) < 4.78 is 0. The summed E-state index contributed by atoms with van der Waals surface area (Å²) >= 11 is 5.44. The Labute approximate surface area is 318 Å². The summed E-state index contributed by atoms with van der Waals surface area (Å²) in [7, 11) is 0. The Kier molecular flexibility index (Phi) is 17.0. The van der Waals surface area contributed by atoms with Gasteiger partial charge in [0.05, 0.1) is 0 Å². The number of nitrogens with two attached hydrogens (primary N) is 4. The Morgan fingerprint density at radius 3 is 1.58 bits per heavy atom.